The van der Waals surface area contributed by atoms with Gasteiger partial charge in [-0.2, -0.15) is 5.26 Å². The molecular weight excluding hydrogens is 426 g/mol. The number of carbonyl (C=O) groups excluding carboxylic acids is 1. The molecular formula is C24H23N3O4S. The first kappa shape index (κ1) is 21.8. The molecule has 2 aromatic heterocycles. The summed E-state index contributed by atoms with van der Waals surface area (Å²) in [5, 5.41) is 24.4. The topological polar surface area (TPSA) is 109 Å². The van der Waals surface area contributed by atoms with E-state index in [4.69, 9.17) is 4.42 Å². The lowest BCUT2D eigenvalue weighted by Gasteiger charge is -2.33. The normalized spacial score (nSPS) is 15.6. The van der Waals surface area contributed by atoms with E-state index in [0.717, 1.165) is 29.7 Å². The van der Waals surface area contributed by atoms with Crippen molar-refractivity contribution in [3.63, 3.8) is 0 Å². The van der Waals surface area contributed by atoms with Crippen molar-refractivity contribution in [2.24, 2.45) is 11.3 Å². The van der Waals surface area contributed by atoms with E-state index in [1.165, 1.54) is 29.5 Å². The quantitative estimate of drug-likeness (QED) is 0.377. The number of para-hydroxylation sites is 1. The fraction of sp³-hybridized carbons (Fsp3) is 0.333. The van der Waals surface area contributed by atoms with Gasteiger partial charge in [0.2, 0.25) is 0 Å². The van der Waals surface area contributed by atoms with Crippen molar-refractivity contribution in [2.45, 2.75) is 40.0 Å². The Morgan fingerprint density at radius 3 is 2.72 bits per heavy atom. The Kier molecular flexibility index (Phi) is 5.61. The second kappa shape index (κ2) is 8.24. The van der Waals surface area contributed by atoms with E-state index < -0.39 is 10.8 Å². The number of nitro benzene ring substituents is 1. The van der Waals surface area contributed by atoms with Gasteiger partial charge in [0.15, 0.2) is 5.76 Å². The number of nitrogens with one attached hydrogen (secondary N) is 1. The summed E-state index contributed by atoms with van der Waals surface area (Å²) < 4.78 is 5.64. The number of furan rings is 1. The van der Waals surface area contributed by atoms with E-state index in [1.54, 1.807) is 18.2 Å². The van der Waals surface area contributed by atoms with Gasteiger partial charge in [-0.1, -0.05) is 32.9 Å². The standard InChI is InChI=1S/C24H23N3O4S/c1-24(2,3)14-8-9-15-17(13-25)23(32-21(15)12-14)26-22(28)20-11-10-19(31-20)16-6-4-5-7-18(16)27(29)30/h4-7,10-11,14H,8-9,12H2,1-3H3,(H,26,28). The summed E-state index contributed by atoms with van der Waals surface area (Å²) >= 11 is 1.45. The average molecular weight is 450 g/mol. The molecule has 0 fully saturated rings. The van der Waals surface area contributed by atoms with Gasteiger partial charge in [-0.15, -0.1) is 11.3 Å². The minimum Gasteiger partial charge on any atom is -0.451 e. The third-order valence-electron chi connectivity index (χ3n) is 6.02. The highest BCUT2D eigenvalue weighted by atomic mass is 32.1. The van der Waals surface area contributed by atoms with Crippen molar-refractivity contribution in [3.05, 3.63) is 68.3 Å². The number of anilines is 1. The number of benzene rings is 1. The summed E-state index contributed by atoms with van der Waals surface area (Å²) in [7, 11) is 0. The number of nitro groups is 1. The van der Waals surface area contributed by atoms with Crippen molar-refractivity contribution >= 4 is 27.9 Å². The van der Waals surface area contributed by atoms with Crippen LogP contribution in [0, 0.1) is 32.8 Å². The van der Waals surface area contributed by atoms with Crippen LogP contribution in [0.15, 0.2) is 40.8 Å². The molecule has 0 radical (unpaired) electrons. The number of thiophene rings is 1. The van der Waals surface area contributed by atoms with E-state index in [9.17, 15) is 20.2 Å². The molecule has 164 valence electrons. The van der Waals surface area contributed by atoms with Gasteiger partial charge in [0.1, 0.15) is 16.8 Å². The minimum absolute atomic E-state index is 0.0287. The number of nitrogens with zero attached hydrogens (tertiary/aromatic N) is 2. The molecule has 1 unspecified atom stereocenters. The molecule has 0 spiro atoms. The van der Waals surface area contributed by atoms with Gasteiger partial charge in [-0.05, 0) is 54.4 Å². The molecule has 7 nitrogen and oxygen atoms in total. The summed E-state index contributed by atoms with van der Waals surface area (Å²) in [6.07, 6.45) is 2.75. The zero-order valence-corrected chi connectivity index (χ0v) is 18.9. The van der Waals surface area contributed by atoms with Crippen LogP contribution in [-0.4, -0.2) is 10.8 Å². The molecule has 8 heteroatoms. The van der Waals surface area contributed by atoms with Gasteiger partial charge in [-0.3, -0.25) is 14.9 Å². The van der Waals surface area contributed by atoms with Crippen LogP contribution in [0.5, 0.6) is 0 Å². The predicted octanol–water partition coefficient (Wildman–Crippen LogP) is 6.19. The Labute approximate surface area is 189 Å². The molecule has 0 aliphatic heterocycles. The van der Waals surface area contributed by atoms with Gasteiger partial charge in [-0.25, -0.2) is 0 Å². The van der Waals surface area contributed by atoms with Crippen molar-refractivity contribution in [2.75, 3.05) is 5.32 Å². The number of hydrogen-bond donors (Lipinski definition) is 1. The smallest absolute Gasteiger partial charge is 0.292 e. The maximum Gasteiger partial charge on any atom is 0.292 e. The molecule has 1 atom stereocenters. The van der Waals surface area contributed by atoms with Crippen molar-refractivity contribution in [1.29, 1.82) is 5.26 Å². The van der Waals surface area contributed by atoms with E-state index >= 15 is 0 Å². The Hall–Kier alpha value is -3.44. The highest BCUT2D eigenvalue weighted by Crippen LogP contribution is 2.44. The fourth-order valence-electron chi connectivity index (χ4n) is 4.14. The monoisotopic (exact) mass is 449 g/mol. The predicted molar refractivity (Wildman–Crippen MR) is 123 cm³/mol. The summed E-state index contributed by atoms with van der Waals surface area (Å²) in [6, 6.07) is 11.5. The summed E-state index contributed by atoms with van der Waals surface area (Å²) in [6.45, 7) is 6.70. The van der Waals surface area contributed by atoms with Crippen molar-refractivity contribution in [3.8, 4) is 17.4 Å². The zero-order valence-electron chi connectivity index (χ0n) is 18.1. The first-order valence-corrected chi connectivity index (χ1v) is 11.2. The minimum atomic E-state index is -0.489. The average Bonchev–Trinajstić information content (AvgIpc) is 3.37. The van der Waals surface area contributed by atoms with Gasteiger partial charge in [0, 0.05) is 10.9 Å². The molecule has 4 rings (SSSR count). The third kappa shape index (κ3) is 4.04. The molecule has 0 saturated heterocycles. The molecule has 1 aromatic carbocycles. The van der Waals surface area contributed by atoms with Gasteiger partial charge in [0.05, 0.1) is 16.1 Å². The van der Waals surface area contributed by atoms with Crippen LogP contribution < -0.4 is 5.32 Å². The first-order chi connectivity index (χ1) is 15.2. The van der Waals surface area contributed by atoms with Gasteiger partial charge < -0.3 is 9.73 Å². The number of fused-ring (bicyclic) bond motifs is 1. The molecule has 1 amide bonds. The Morgan fingerprint density at radius 2 is 2.03 bits per heavy atom. The van der Waals surface area contributed by atoms with Crippen LogP contribution in [0.2, 0.25) is 0 Å². The Bertz CT molecular complexity index is 1240. The van der Waals surface area contributed by atoms with E-state index in [0.29, 0.717) is 22.0 Å². The van der Waals surface area contributed by atoms with Crippen LogP contribution in [0.4, 0.5) is 10.7 Å². The third-order valence-corrected chi connectivity index (χ3v) is 7.19. The van der Waals surface area contributed by atoms with Crippen molar-refractivity contribution in [1.82, 2.24) is 0 Å². The summed E-state index contributed by atoms with van der Waals surface area (Å²) in [5.74, 6) is 0.303. The lowest BCUT2D eigenvalue weighted by molar-refractivity contribution is -0.384. The van der Waals surface area contributed by atoms with Gasteiger partial charge >= 0.3 is 0 Å². The Balaban J connectivity index is 1.58. The van der Waals surface area contributed by atoms with Crippen LogP contribution in [0.3, 0.4) is 0 Å². The first-order valence-electron chi connectivity index (χ1n) is 10.4. The molecule has 1 N–H and O–H groups in total. The second-order valence-electron chi connectivity index (χ2n) is 9.02. The summed E-state index contributed by atoms with van der Waals surface area (Å²) in [5.41, 5.74) is 1.95. The van der Waals surface area contributed by atoms with Crippen molar-refractivity contribution < 1.29 is 14.1 Å². The van der Waals surface area contributed by atoms with Crippen LogP contribution in [0.1, 0.15) is 53.8 Å². The van der Waals surface area contributed by atoms with Gasteiger partial charge in [0.25, 0.3) is 11.6 Å². The zero-order chi connectivity index (χ0) is 23.0. The number of carbonyl (C=O) groups is 1. The highest BCUT2D eigenvalue weighted by molar-refractivity contribution is 7.16. The molecule has 1 aliphatic rings. The molecule has 2 heterocycles. The molecule has 3 aromatic rings. The maximum absolute atomic E-state index is 12.8. The lowest BCUT2D eigenvalue weighted by Crippen LogP contribution is -2.26. The number of hydrogen-bond acceptors (Lipinski definition) is 6. The van der Waals surface area contributed by atoms with E-state index in [-0.39, 0.29) is 22.6 Å². The van der Waals surface area contributed by atoms with E-state index in [1.807, 2.05) is 0 Å². The van der Waals surface area contributed by atoms with Crippen LogP contribution in [-0.2, 0) is 12.8 Å². The molecule has 0 bridgehead atoms. The second-order valence-corrected chi connectivity index (χ2v) is 10.1. The highest BCUT2D eigenvalue weighted by Gasteiger charge is 2.32. The molecule has 32 heavy (non-hydrogen) atoms. The van der Waals surface area contributed by atoms with Crippen LogP contribution in [0.25, 0.3) is 11.3 Å². The molecule has 0 saturated carbocycles. The largest absolute Gasteiger partial charge is 0.451 e. The number of amides is 1. The lowest BCUT2D eigenvalue weighted by atomic mass is 9.72. The summed E-state index contributed by atoms with van der Waals surface area (Å²) in [4.78, 5) is 24.8. The number of nitriles is 1. The fourth-order valence-corrected chi connectivity index (χ4v) is 5.41. The maximum atomic E-state index is 12.8. The molecule has 1 aliphatic carbocycles. The Morgan fingerprint density at radius 1 is 1.28 bits per heavy atom. The van der Waals surface area contributed by atoms with Crippen LogP contribution >= 0.6 is 11.3 Å². The van der Waals surface area contributed by atoms with E-state index in [2.05, 4.69) is 32.2 Å². The SMILES string of the molecule is CC(C)(C)C1CCc2c(sc(NC(=O)c3ccc(-c4ccccc4[N+](=O)[O-])o3)c2C#N)C1. The number of rotatable bonds is 4.